The third-order valence-corrected chi connectivity index (χ3v) is 4.97. The fourth-order valence-electron chi connectivity index (χ4n) is 3.65. The fourth-order valence-corrected chi connectivity index (χ4v) is 3.65. The van der Waals surface area contributed by atoms with Gasteiger partial charge >= 0.3 is 5.97 Å². The summed E-state index contributed by atoms with van der Waals surface area (Å²) in [7, 11) is 0. The molecule has 2 aromatic carbocycles. The smallest absolute Gasteiger partial charge is 0.318 e. The van der Waals surface area contributed by atoms with Crippen molar-refractivity contribution in [2.45, 2.75) is 31.8 Å². The van der Waals surface area contributed by atoms with Crippen LogP contribution in [-0.4, -0.2) is 36.0 Å². The zero-order chi connectivity index (χ0) is 18.1. The second-order valence-electron chi connectivity index (χ2n) is 6.72. The molecule has 1 atom stereocenters. The normalized spacial score (nSPS) is 17.0. The molecule has 2 heterocycles. The molecule has 1 amide bonds. The summed E-state index contributed by atoms with van der Waals surface area (Å²) in [5, 5.41) is 0. The summed E-state index contributed by atoms with van der Waals surface area (Å²) in [5.74, 6) is 0.154. The molecule has 26 heavy (non-hydrogen) atoms. The van der Waals surface area contributed by atoms with Crippen LogP contribution in [0.25, 0.3) is 0 Å². The number of carbonyl (C=O) groups excluding carboxylic acids is 2. The summed E-state index contributed by atoms with van der Waals surface area (Å²) in [6, 6.07) is 14.9. The summed E-state index contributed by atoms with van der Waals surface area (Å²) in [6.45, 7) is 3.13. The molecule has 1 fully saturated rings. The topological polar surface area (TPSA) is 55.8 Å². The highest BCUT2D eigenvalue weighted by Crippen LogP contribution is 2.44. The highest BCUT2D eigenvalue weighted by Gasteiger charge is 2.36. The fraction of sp³-hybridized carbons (Fsp3) is 0.333. The number of fused-ring (bicyclic) bond motifs is 2. The van der Waals surface area contributed by atoms with Gasteiger partial charge in [0.1, 0.15) is 17.4 Å². The van der Waals surface area contributed by atoms with E-state index < -0.39 is 18.0 Å². The minimum absolute atomic E-state index is 0.121. The molecule has 0 aromatic heterocycles. The first kappa shape index (κ1) is 16.6. The molecule has 0 saturated carbocycles. The Morgan fingerprint density at radius 3 is 2.12 bits per heavy atom. The number of amides is 1. The number of ether oxygens (including phenoxy) is 2. The van der Waals surface area contributed by atoms with E-state index in [1.54, 1.807) is 11.8 Å². The average Bonchev–Trinajstić information content (AvgIpc) is 3.19. The molecular formula is C21H21NO4. The van der Waals surface area contributed by atoms with Gasteiger partial charge in [0.05, 0.1) is 0 Å². The van der Waals surface area contributed by atoms with E-state index in [0.717, 1.165) is 37.1 Å². The minimum atomic E-state index is -0.789. The van der Waals surface area contributed by atoms with Gasteiger partial charge in [-0.15, -0.1) is 0 Å². The van der Waals surface area contributed by atoms with Crippen LogP contribution in [0.5, 0.6) is 11.5 Å². The van der Waals surface area contributed by atoms with Crippen molar-refractivity contribution in [2.24, 2.45) is 0 Å². The van der Waals surface area contributed by atoms with Gasteiger partial charge in [0.15, 0.2) is 6.10 Å². The lowest BCUT2D eigenvalue weighted by Crippen LogP contribution is -2.39. The van der Waals surface area contributed by atoms with Crippen molar-refractivity contribution in [3.63, 3.8) is 0 Å². The summed E-state index contributed by atoms with van der Waals surface area (Å²) >= 11 is 0. The zero-order valence-electron chi connectivity index (χ0n) is 14.7. The maximum absolute atomic E-state index is 13.0. The molecule has 5 nitrogen and oxygen atoms in total. The molecule has 1 saturated heterocycles. The van der Waals surface area contributed by atoms with E-state index in [1.807, 2.05) is 48.5 Å². The summed E-state index contributed by atoms with van der Waals surface area (Å²) < 4.78 is 11.5. The van der Waals surface area contributed by atoms with E-state index >= 15 is 0 Å². The Morgan fingerprint density at radius 1 is 1.00 bits per heavy atom. The predicted molar refractivity (Wildman–Crippen MR) is 96.2 cm³/mol. The quantitative estimate of drug-likeness (QED) is 0.795. The van der Waals surface area contributed by atoms with E-state index in [-0.39, 0.29) is 5.91 Å². The number of hydrogen-bond donors (Lipinski definition) is 0. The zero-order valence-corrected chi connectivity index (χ0v) is 14.7. The summed E-state index contributed by atoms with van der Waals surface area (Å²) in [4.78, 5) is 27.3. The Bertz CT molecular complexity index is 796. The Labute approximate surface area is 152 Å². The molecule has 5 heteroatoms. The maximum atomic E-state index is 13.0. The number of benzene rings is 2. The van der Waals surface area contributed by atoms with E-state index in [1.165, 1.54) is 0 Å². The van der Waals surface area contributed by atoms with Gasteiger partial charge < -0.3 is 14.4 Å². The van der Waals surface area contributed by atoms with E-state index in [4.69, 9.17) is 9.47 Å². The molecule has 2 aliphatic heterocycles. The van der Waals surface area contributed by atoms with Gasteiger partial charge in [-0.3, -0.25) is 9.59 Å². The molecule has 2 aliphatic rings. The summed E-state index contributed by atoms with van der Waals surface area (Å²) in [6.07, 6.45) is 1.23. The second kappa shape index (κ2) is 6.83. The Morgan fingerprint density at radius 2 is 1.54 bits per heavy atom. The van der Waals surface area contributed by atoms with Crippen molar-refractivity contribution < 1.29 is 19.1 Å². The van der Waals surface area contributed by atoms with Crippen molar-refractivity contribution in [1.29, 1.82) is 0 Å². The van der Waals surface area contributed by atoms with Gasteiger partial charge in [-0.1, -0.05) is 36.4 Å². The number of esters is 1. The van der Waals surface area contributed by atoms with E-state index in [2.05, 4.69) is 0 Å². The highest BCUT2D eigenvalue weighted by atomic mass is 16.5. The Balaban J connectivity index is 1.60. The number of para-hydroxylation sites is 2. The maximum Gasteiger partial charge on any atom is 0.318 e. The first-order valence-corrected chi connectivity index (χ1v) is 9.00. The van der Waals surface area contributed by atoms with Crippen LogP contribution in [0, 0.1) is 0 Å². The van der Waals surface area contributed by atoms with Crippen molar-refractivity contribution in [2.75, 3.05) is 13.1 Å². The van der Waals surface area contributed by atoms with Crippen molar-refractivity contribution in [3.8, 4) is 11.5 Å². The van der Waals surface area contributed by atoms with Gasteiger partial charge in [-0.2, -0.15) is 0 Å². The van der Waals surface area contributed by atoms with Crippen LogP contribution >= 0.6 is 0 Å². The molecule has 134 valence electrons. The lowest BCUT2D eigenvalue weighted by molar-refractivity contribution is -0.159. The van der Waals surface area contributed by atoms with Crippen LogP contribution in [-0.2, 0) is 14.3 Å². The van der Waals surface area contributed by atoms with Crippen LogP contribution in [0.3, 0.4) is 0 Å². The number of nitrogens with zero attached hydrogens (tertiary/aromatic N) is 1. The standard InChI is InChI=1S/C21H21NO4/c1-14(20(23)22-12-6-7-13-22)25-21(24)19-15-8-2-4-10-17(15)26-18-11-5-3-9-16(18)19/h2-5,8-11,14,19H,6-7,12-13H2,1H3/t14-/m0/s1. The lowest BCUT2D eigenvalue weighted by Gasteiger charge is -2.28. The van der Waals surface area contributed by atoms with Crippen LogP contribution in [0.15, 0.2) is 48.5 Å². The number of likely N-dealkylation sites (tertiary alicyclic amines) is 1. The SMILES string of the molecule is C[C@H](OC(=O)C1c2ccccc2Oc2ccccc21)C(=O)N1CCCC1. The van der Waals surface area contributed by atoms with Gasteiger partial charge in [-0.05, 0) is 31.9 Å². The predicted octanol–water partition coefficient (Wildman–Crippen LogP) is 3.48. The van der Waals surface area contributed by atoms with Crippen LogP contribution in [0.2, 0.25) is 0 Å². The molecule has 4 rings (SSSR count). The monoisotopic (exact) mass is 351 g/mol. The first-order chi connectivity index (χ1) is 12.6. The van der Waals surface area contributed by atoms with Gasteiger partial charge in [0, 0.05) is 24.2 Å². The molecular weight excluding hydrogens is 330 g/mol. The minimum Gasteiger partial charge on any atom is -0.457 e. The molecule has 0 N–H and O–H groups in total. The molecule has 0 radical (unpaired) electrons. The molecule has 2 aromatic rings. The van der Waals surface area contributed by atoms with Crippen molar-refractivity contribution >= 4 is 11.9 Å². The van der Waals surface area contributed by atoms with Crippen LogP contribution < -0.4 is 4.74 Å². The molecule has 0 unspecified atom stereocenters. The van der Waals surface area contributed by atoms with Gasteiger partial charge in [0.2, 0.25) is 0 Å². The lowest BCUT2D eigenvalue weighted by atomic mass is 9.88. The van der Waals surface area contributed by atoms with Crippen molar-refractivity contribution in [1.82, 2.24) is 4.90 Å². The number of hydrogen-bond acceptors (Lipinski definition) is 4. The third kappa shape index (κ3) is 2.94. The summed E-state index contributed by atoms with van der Waals surface area (Å²) in [5.41, 5.74) is 1.52. The molecule has 0 aliphatic carbocycles. The highest BCUT2D eigenvalue weighted by molar-refractivity contribution is 5.89. The van der Waals surface area contributed by atoms with Crippen LogP contribution in [0.4, 0.5) is 0 Å². The number of rotatable bonds is 3. The Hall–Kier alpha value is -2.82. The van der Waals surface area contributed by atoms with Crippen molar-refractivity contribution in [3.05, 3.63) is 59.7 Å². The van der Waals surface area contributed by atoms with Crippen LogP contribution in [0.1, 0.15) is 36.8 Å². The molecule has 0 bridgehead atoms. The average molecular weight is 351 g/mol. The van der Waals surface area contributed by atoms with Gasteiger partial charge in [0.25, 0.3) is 5.91 Å². The van der Waals surface area contributed by atoms with E-state index in [9.17, 15) is 9.59 Å². The molecule has 0 spiro atoms. The van der Waals surface area contributed by atoms with Gasteiger partial charge in [-0.25, -0.2) is 0 Å². The first-order valence-electron chi connectivity index (χ1n) is 9.00. The third-order valence-electron chi connectivity index (χ3n) is 4.97. The Kier molecular flexibility index (Phi) is 4.37. The largest absolute Gasteiger partial charge is 0.457 e. The van der Waals surface area contributed by atoms with E-state index in [0.29, 0.717) is 11.5 Å². The number of carbonyl (C=O) groups is 2. The second-order valence-corrected chi connectivity index (χ2v) is 6.72.